The standard InChI is InChI=1S/C7H7N.CH3.V.W/c1-8-7-5-3-2-4-6-7;;;/h3-6H,1H3;1H3;;/q-2;-1;;+2. The van der Waals surface area contributed by atoms with Crippen LogP contribution in [0.25, 0.3) is 5.32 Å². The van der Waals surface area contributed by atoms with Gasteiger partial charge in [0, 0.05) is 18.6 Å². The average molecular weight is 355 g/mol. The normalized spacial score (nSPS) is 6.27. The van der Waals surface area contributed by atoms with E-state index in [0.29, 0.717) is 0 Å². The molecule has 0 aliphatic rings. The molecule has 0 aliphatic heterocycles. The van der Waals surface area contributed by atoms with E-state index in [4.69, 9.17) is 0 Å². The first-order chi connectivity index (χ1) is 3.93. The number of rotatable bonds is 1. The molecule has 0 unspecified atom stereocenters. The molecule has 0 atom stereocenters. The molecule has 1 aromatic carbocycles. The van der Waals surface area contributed by atoms with E-state index in [0.717, 1.165) is 5.69 Å². The summed E-state index contributed by atoms with van der Waals surface area (Å²) in [4.78, 5) is 0. The summed E-state index contributed by atoms with van der Waals surface area (Å²) in [6.45, 7) is 0. The second kappa shape index (κ2) is 10.3. The molecule has 11 heavy (non-hydrogen) atoms. The summed E-state index contributed by atoms with van der Waals surface area (Å²) in [7, 11) is 1.77. The topological polar surface area (TPSA) is 14.1 Å². The molecular weight excluding hydrogens is 345 g/mol. The van der Waals surface area contributed by atoms with Gasteiger partial charge >= 0.3 is 21.1 Å². The van der Waals surface area contributed by atoms with E-state index in [-0.39, 0.29) is 47.0 Å². The van der Waals surface area contributed by atoms with E-state index in [9.17, 15) is 0 Å². The maximum absolute atomic E-state index is 3.95. The molecule has 0 heterocycles. The quantitative estimate of drug-likeness (QED) is 0.688. The van der Waals surface area contributed by atoms with Crippen LogP contribution in [-0.2, 0) is 39.6 Å². The Bertz CT molecular complexity index is 155. The number of hydrogen-bond donors (Lipinski definition) is 0. The summed E-state index contributed by atoms with van der Waals surface area (Å²) >= 11 is 0. The van der Waals surface area contributed by atoms with E-state index < -0.39 is 0 Å². The average Bonchev–Trinajstić information content (AvgIpc) is 1.90. The fourth-order valence-electron chi connectivity index (χ4n) is 0.527. The molecular formula is C8H10NVW-. The van der Waals surface area contributed by atoms with Crippen molar-refractivity contribution in [3.8, 4) is 0 Å². The molecule has 0 aromatic heterocycles. The third kappa shape index (κ3) is 6.68. The van der Waals surface area contributed by atoms with Crippen LogP contribution in [0, 0.1) is 13.5 Å². The van der Waals surface area contributed by atoms with Gasteiger partial charge in [-0.15, -0.1) is 7.05 Å². The van der Waals surface area contributed by atoms with Crippen molar-refractivity contribution >= 4 is 5.69 Å². The van der Waals surface area contributed by atoms with E-state index in [1.54, 1.807) is 7.05 Å². The van der Waals surface area contributed by atoms with E-state index in [2.05, 4.69) is 11.4 Å². The molecule has 1 radical (unpaired) electrons. The van der Waals surface area contributed by atoms with Gasteiger partial charge in [-0.2, -0.15) is 30.3 Å². The molecule has 0 spiro atoms. The Hall–Kier alpha value is 0.293. The van der Waals surface area contributed by atoms with Gasteiger partial charge in [0.1, 0.15) is 0 Å². The van der Waals surface area contributed by atoms with Gasteiger partial charge in [0.05, 0.1) is 0 Å². The van der Waals surface area contributed by atoms with Crippen LogP contribution in [0.3, 0.4) is 0 Å². The first kappa shape index (κ1) is 17.4. The Morgan fingerprint density at radius 2 is 1.73 bits per heavy atom. The zero-order valence-corrected chi connectivity index (χ0v) is 10.9. The van der Waals surface area contributed by atoms with Crippen LogP contribution >= 0.6 is 0 Å². The van der Waals surface area contributed by atoms with E-state index in [1.807, 2.05) is 24.3 Å². The van der Waals surface area contributed by atoms with Crippen molar-refractivity contribution in [3.05, 3.63) is 43.1 Å². The number of benzene rings is 1. The molecule has 59 valence electrons. The molecule has 3 heteroatoms. The fourth-order valence-corrected chi connectivity index (χ4v) is 0.527. The largest absolute Gasteiger partial charge is 2.00 e. The van der Waals surface area contributed by atoms with Crippen LogP contribution < -0.4 is 0 Å². The Balaban J connectivity index is -0.000000213. The molecule has 0 saturated heterocycles. The zero-order chi connectivity index (χ0) is 5.82. The van der Waals surface area contributed by atoms with Crippen molar-refractivity contribution < 1.29 is 39.6 Å². The van der Waals surface area contributed by atoms with Crippen LogP contribution in [0.2, 0.25) is 0 Å². The third-order valence-electron chi connectivity index (χ3n) is 0.959. The van der Waals surface area contributed by atoms with Crippen LogP contribution in [-0.4, -0.2) is 7.05 Å². The van der Waals surface area contributed by atoms with Gasteiger partial charge in [0.2, 0.25) is 0 Å². The summed E-state index contributed by atoms with van der Waals surface area (Å²) in [5, 5.41) is 3.95. The molecule has 1 nitrogen and oxygen atoms in total. The van der Waals surface area contributed by atoms with E-state index >= 15 is 0 Å². The fraction of sp³-hybridized carbons (Fsp3) is 0.125. The Kier molecular flexibility index (Phi) is 16.3. The van der Waals surface area contributed by atoms with Crippen molar-refractivity contribution in [3.63, 3.8) is 0 Å². The van der Waals surface area contributed by atoms with E-state index in [1.165, 1.54) is 0 Å². The van der Waals surface area contributed by atoms with Crippen molar-refractivity contribution in [2.75, 3.05) is 7.05 Å². The molecule has 0 amide bonds. The molecule has 0 saturated carbocycles. The van der Waals surface area contributed by atoms with Crippen molar-refractivity contribution in [1.29, 1.82) is 0 Å². The maximum Gasteiger partial charge on any atom is 2.00 e. The van der Waals surface area contributed by atoms with Gasteiger partial charge in [0.25, 0.3) is 0 Å². The van der Waals surface area contributed by atoms with Crippen LogP contribution in [0.5, 0.6) is 0 Å². The van der Waals surface area contributed by atoms with Gasteiger partial charge in [-0.25, -0.2) is 0 Å². The first-order valence-corrected chi connectivity index (χ1v) is 2.49. The first-order valence-electron chi connectivity index (χ1n) is 2.49. The summed E-state index contributed by atoms with van der Waals surface area (Å²) in [5.41, 5.74) is 1.00. The Morgan fingerprint density at radius 1 is 1.27 bits per heavy atom. The summed E-state index contributed by atoms with van der Waals surface area (Å²) < 4.78 is 0. The van der Waals surface area contributed by atoms with Crippen LogP contribution in [0.1, 0.15) is 0 Å². The third-order valence-corrected chi connectivity index (χ3v) is 0.959. The van der Waals surface area contributed by atoms with Crippen LogP contribution in [0.15, 0.2) is 24.3 Å². The second-order valence-corrected chi connectivity index (χ2v) is 1.48. The molecule has 0 bridgehead atoms. The van der Waals surface area contributed by atoms with Gasteiger partial charge in [-0.05, 0) is 0 Å². The SMILES string of the molecule is C[N-]c1cc[c-]cc1.[CH3-].[V].[W+2]. The molecule has 1 rings (SSSR count). The maximum atomic E-state index is 3.95. The summed E-state index contributed by atoms with van der Waals surface area (Å²) in [6, 6.07) is 10.4. The summed E-state index contributed by atoms with van der Waals surface area (Å²) in [6.07, 6.45) is 0. The number of hydrogen-bond acceptors (Lipinski definition) is 0. The molecule has 0 fully saturated rings. The molecule has 1 aromatic rings. The zero-order valence-electron chi connectivity index (χ0n) is 6.61. The molecule has 0 N–H and O–H groups in total. The van der Waals surface area contributed by atoms with Crippen molar-refractivity contribution in [2.45, 2.75) is 0 Å². The smallest absolute Gasteiger partial charge is 0.708 e. The predicted molar refractivity (Wildman–Crippen MR) is 40.6 cm³/mol. The second-order valence-electron chi connectivity index (χ2n) is 1.48. The van der Waals surface area contributed by atoms with Gasteiger partial charge in [-0.3, -0.25) is 5.69 Å². The minimum Gasteiger partial charge on any atom is -0.708 e. The summed E-state index contributed by atoms with van der Waals surface area (Å²) in [5.74, 6) is 0. The predicted octanol–water partition coefficient (Wildman–Crippen LogP) is 2.57. The Labute approximate surface area is 95.1 Å². The van der Waals surface area contributed by atoms with Crippen molar-refractivity contribution in [2.24, 2.45) is 0 Å². The van der Waals surface area contributed by atoms with Gasteiger partial charge < -0.3 is 12.7 Å². The van der Waals surface area contributed by atoms with Gasteiger partial charge in [-0.1, -0.05) is 0 Å². The molecule has 0 aliphatic carbocycles. The van der Waals surface area contributed by atoms with Gasteiger partial charge in [0.15, 0.2) is 0 Å². The minimum absolute atomic E-state index is 0. The Morgan fingerprint density at radius 3 is 2.00 bits per heavy atom. The number of nitrogens with zero attached hydrogens (tertiary/aromatic N) is 1. The van der Waals surface area contributed by atoms with Crippen LogP contribution in [0.4, 0.5) is 5.69 Å². The minimum atomic E-state index is 0. The monoisotopic (exact) mass is 355 g/mol. The van der Waals surface area contributed by atoms with Crippen molar-refractivity contribution in [1.82, 2.24) is 0 Å².